The van der Waals surface area contributed by atoms with Crippen LogP contribution in [0.1, 0.15) is 76.8 Å². The first-order valence-electron chi connectivity index (χ1n) is 10.4. The van der Waals surface area contributed by atoms with Crippen molar-refractivity contribution < 1.29 is 30.5 Å². The van der Waals surface area contributed by atoms with Crippen molar-refractivity contribution in [2.45, 2.75) is 83.2 Å². The lowest BCUT2D eigenvalue weighted by molar-refractivity contribution is -0.0502. The van der Waals surface area contributed by atoms with E-state index in [1.807, 2.05) is 26.8 Å². The van der Waals surface area contributed by atoms with Gasteiger partial charge in [0.25, 0.3) is 0 Å². The third-order valence-electron chi connectivity index (χ3n) is 6.10. The molecule has 0 aromatic heterocycles. The van der Waals surface area contributed by atoms with E-state index in [0.29, 0.717) is 36.1 Å². The molecule has 0 N–H and O–H groups in total. The van der Waals surface area contributed by atoms with Crippen LogP contribution >= 0.6 is 0 Å². The molecule has 1 aliphatic carbocycles. The highest BCUT2D eigenvalue weighted by Crippen LogP contribution is 2.54. The van der Waals surface area contributed by atoms with Gasteiger partial charge in [-0.15, -0.1) is 0 Å². The molecular formula is C22H29F3O4S. The van der Waals surface area contributed by atoms with Gasteiger partial charge in [0.1, 0.15) is 17.1 Å². The Kier molecular flexibility index (Phi) is 6.20. The van der Waals surface area contributed by atoms with E-state index in [9.17, 15) is 21.6 Å². The van der Waals surface area contributed by atoms with Crippen molar-refractivity contribution >= 4 is 10.1 Å². The minimum atomic E-state index is -5.78. The molecule has 30 heavy (non-hydrogen) atoms. The number of ether oxygens (including phenoxy) is 1. The first-order valence-corrected chi connectivity index (χ1v) is 11.8. The first kappa shape index (κ1) is 23.0. The average Bonchev–Trinajstić information content (AvgIpc) is 2.59. The molecule has 0 saturated heterocycles. The molecule has 0 spiro atoms. The Hall–Kier alpha value is -1.70. The topological polar surface area (TPSA) is 52.6 Å². The second kappa shape index (κ2) is 8.09. The normalized spacial score (nSPS) is 23.1. The minimum Gasteiger partial charge on any atom is -0.487 e. The zero-order chi connectivity index (χ0) is 22.3. The van der Waals surface area contributed by atoms with Crippen LogP contribution in [0, 0.1) is 5.92 Å². The van der Waals surface area contributed by atoms with Crippen LogP contribution in [0.4, 0.5) is 13.2 Å². The summed E-state index contributed by atoms with van der Waals surface area (Å²) in [5.41, 5.74) is -3.76. The summed E-state index contributed by atoms with van der Waals surface area (Å²) < 4.78 is 73.8. The zero-order valence-electron chi connectivity index (χ0n) is 17.8. The molecule has 4 nitrogen and oxygen atoms in total. The molecular weight excluding hydrogens is 417 g/mol. The van der Waals surface area contributed by atoms with Gasteiger partial charge >= 0.3 is 15.6 Å². The monoisotopic (exact) mass is 446 g/mol. The molecule has 2 atom stereocenters. The molecule has 8 heteroatoms. The fourth-order valence-corrected chi connectivity index (χ4v) is 5.03. The van der Waals surface area contributed by atoms with Gasteiger partial charge in [0.05, 0.1) is 0 Å². The molecule has 0 fully saturated rings. The third-order valence-corrected chi connectivity index (χ3v) is 7.07. The predicted molar refractivity (Wildman–Crippen MR) is 109 cm³/mol. The lowest BCUT2D eigenvalue weighted by atomic mass is 9.67. The highest BCUT2D eigenvalue weighted by Gasteiger charge is 2.51. The number of halogens is 3. The maximum Gasteiger partial charge on any atom is 0.534 e. The van der Waals surface area contributed by atoms with E-state index in [2.05, 4.69) is 13.0 Å². The molecule has 1 aromatic carbocycles. The standard InChI is InChI=1S/C22H29F3O4S/c1-5-6-7-8-15-12-18-20(19(13-15)29-30(26,27)22(23,24)25)16-11-14(2)9-10-17(16)21(3,4)28-18/h9,12-13,16-17H,5-8,10-11H2,1-4H3/t16-,17?/m1/s1. The summed E-state index contributed by atoms with van der Waals surface area (Å²) in [6.07, 6.45) is 6.88. The molecule has 3 rings (SSSR count). The van der Waals surface area contributed by atoms with Gasteiger partial charge in [-0.05, 0) is 64.2 Å². The van der Waals surface area contributed by atoms with E-state index < -0.39 is 21.2 Å². The maximum absolute atomic E-state index is 13.1. The van der Waals surface area contributed by atoms with Crippen molar-refractivity contribution in [3.8, 4) is 11.5 Å². The van der Waals surface area contributed by atoms with E-state index in [0.717, 1.165) is 24.8 Å². The number of hydrogen-bond acceptors (Lipinski definition) is 4. The van der Waals surface area contributed by atoms with Gasteiger partial charge in [0.15, 0.2) is 0 Å². The number of rotatable bonds is 6. The maximum atomic E-state index is 13.1. The van der Waals surface area contributed by atoms with Crippen LogP contribution in [0.5, 0.6) is 11.5 Å². The molecule has 1 heterocycles. The molecule has 0 amide bonds. The Labute approximate surface area is 176 Å². The van der Waals surface area contributed by atoms with Gasteiger partial charge in [0, 0.05) is 17.4 Å². The summed E-state index contributed by atoms with van der Waals surface area (Å²) in [4.78, 5) is 0. The lowest BCUT2D eigenvalue weighted by Crippen LogP contribution is -2.45. The van der Waals surface area contributed by atoms with Crippen LogP contribution in [-0.2, 0) is 16.5 Å². The number of aryl methyl sites for hydroxylation is 1. The van der Waals surface area contributed by atoms with Crippen LogP contribution in [0.3, 0.4) is 0 Å². The Morgan fingerprint density at radius 2 is 1.93 bits per heavy atom. The summed E-state index contributed by atoms with van der Waals surface area (Å²) in [5, 5.41) is 0. The Balaban J connectivity index is 2.13. The summed E-state index contributed by atoms with van der Waals surface area (Å²) in [7, 11) is -5.78. The smallest absolute Gasteiger partial charge is 0.487 e. The number of unbranched alkanes of at least 4 members (excludes halogenated alkanes) is 2. The van der Waals surface area contributed by atoms with Gasteiger partial charge < -0.3 is 8.92 Å². The molecule has 0 radical (unpaired) electrons. The molecule has 1 unspecified atom stereocenters. The molecule has 0 saturated carbocycles. The van der Waals surface area contributed by atoms with Crippen LogP contribution in [-0.4, -0.2) is 19.5 Å². The van der Waals surface area contributed by atoms with E-state index in [1.54, 1.807) is 0 Å². The fourth-order valence-electron chi connectivity index (χ4n) is 4.56. The molecule has 1 aromatic rings. The Morgan fingerprint density at radius 3 is 2.57 bits per heavy atom. The van der Waals surface area contributed by atoms with Gasteiger partial charge in [0.2, 0.25) is 0 Å². The van der Waals surface area contributed by atoms with Crippen molar-refractivity contribution in [2.24, 2.45) is 5.92 Å². The largest absolute Gasteiger partial charge is 0.534 e. The summed E-state index contributed by atoms with van der Waals surface area (Å²) in [6, 6.07) is 3.29. The van der Waals surface area contributed by atoms with Crippen LogP contribution in [0.2, 0.25) is 0 Å². The number of alkyl halides is 3. The summed E-state index contributed by atoms with van der Waals surface area (Å²) >= 11 is 0. The number of benzene rings is 1. The molecule has 168 valence electrons. The van der Waals surface area contributed by atoms with Crippen molar-refractivity contribution in [1.29, 1.82) is 0 Å². The third kappa shape index (κ3) is 4.48. The molecule has 2 aliphatic rings. The Morgan fingerprint density at radius 1 is 1.23 bits per heavy atom. The molecule has 0 bridgehead atoms. The SMILES string of the molecule is CCCCCc1cc2c(c(OS(=O)(=O)C(F)(F)F)c1)[C@@H]1CC(C)=CCC1C(C)(C)O2. The van der Waals surface area contributed by atoms with Crippen LogP contribution < -0.4 is 8.92 Å². The van der Waals surface area contributed by atoms with Crippen molar-refractivity contribution in [3.63, 3.8) is 0 Å². The first-order chi connectivity index (χ1) is 13.9. The van der Waals surface area contributed by atoms with Gasteiger partial charge in [-0.3, -0.25) is 0 Å². The van der Waals surface area contributed by atoms with Crippen molar-refractivity contribution in [2.75, 3.05) is 0 Å². The highest BCUT2D eigenvalue weighted by molar-refractivity contribution is 7.88. The summed E-state index contributed by atoms with van der Waals surface area (Å²) in [6.45, 7) is 7.98. The van der Waals surface area contributed by atoms with Gasteiger partial charge in [-0.2, -0.15) is 21.6 Å². The van der Waals surface area contributed by atoms with Crippen LogP contribution in [0.15, 0.2) is 23.8 Å². The predicted octanol–water partition coefficient (Wildman–Crippen LogP) is 6.26. The highest BCUT2D eigenvalue weighted by atomic mass is 32.2. The van der Waals surface area contributed by atoms with E-state index >= 15 is 0 Å². The Bertz CT molecular complexity index is 932. The molecule has 1 aliphatic heterocycles. The number of fused-ring (bicyclic) bond motifs is 3. The summed E-state index contributed by atoms with van der Waals surface area (Å²) in [5.74, 6) is 0.0151. The average molecular weight is 447 g/mol. The van der Waals surface area contributed by atoms with Crippen molar-refractivity contribution in [3.05, 3.63) is 34.9 Å². The quantitative estimate of drug-likeness (QED) is 0.224. The second-order valence-corrected chi connectivity index (χ2v) is 10.4. The van der Waals surface area contributed by atoms with Gasteiger partial charge in [-0.25, -0.2) is 0 Å². The second-order valence-electron chi connectivity index (χ2n) is 8.85. The number of hydrogen-bond donors (Lipinski definition) is 0. The van der Waals surface area contributed by atoms with E-state index in [1.165, 1.54) is 6.07 Å². The van der Waals surface area contributed by atoms with Gasteiger partial charge in [-0.1, -0.05) is 31.4 Å². The fraction of sp³-hybridized carbons (Fsp3) is 0.636. The van der Waals surface area contributed by atoms with E-state index in [4.69, 9.17) is 8.92 Å². The van der Waals surface area contributed by atoms with Crippen LogP contribution in [0.25, 0.3) is 0 Å². The van der Waals surface area contributed by atoms with Crippen molar-refractivity contribution in [1.82, 2.24) is 0 Å². The zero-order valence-corrected chi connectivity index (χ0v) is 18.6. The lowest BCUT2D eigenvalue weighted by Gasteiger charge is -2.47. The number of allylic oxidation sites excluding steroid dienone is 2. The van der Waals surface area contributed by atoms with E-state index in [-0.39, 0.29) is 17.6 Å². The minimum absolute atomic E-state index is 0.00980.